The van der Waals surface area contributed by atoms with Crippen LogP contribution in [-0.2, 0) is 11.2 Å². The van der Waals surface area contributed by atoms with E-state index in [9.17, 15) is 9.50 Å². The molecule has 30 heavy (non-hydrogen) atoms. The van der Waals surface area contributed by atoms with Crippen molar-refractivity contribution in [2.75, 3.05) is 44.2 Å². The highest BCUT2D eigenvalue weighted by molar-refractivity contribution is 5.51. The maximum absolute atomic E-state index is 14.3. The first-order valence-corrected chi connectivity index (χ1v) is 10.7. The summed E-state index contributed by atoms with van der Waals surface area (Å²) in [4.78, 5) is 13.8. The van der Waals surface area contributed by atoms with Gasteiger partial charge in [-0.2, -0.15) is 0 Å². The number of rotatable bonds is 8. The van der Waals surface area contributed by atoms with Crippen LogP contribution in [0.15, 0.2) is 24.3 Å². The minimum atomic E-state index is -0.487. The number of aromatic nitrogens is 2. The lowest BCUT2D eigenvalue weighted by Crippen LogP contribution is -2.49. The third-order valence-corrected chi connectivity index (χ3v) is 5.39. The number of hydrogen-bond donors (Lipinski definition) is 1. The van der Waals surface area contributed by atoms with Crippen LogP contribution >= 0.6 is 0 Å². The van der Waals surface area contributed by atoms with Crippen LogP contribution in [0.5, 0.6) is 0 Å². The summed E-state index contributed by atoms with van der Waals surface area (Å²) in [7, 11) is 0. The fraction of sp³-hybridized carbons (Fsp3) is 0.565. The van der Waals surface area contributed by atoms with Gasteiger partial charge in [0.15, 0.2) is 0 Å². The summed E-state index contributed by atoms with van der Waals surface area (Å²) in [5.74, 6) is 1.42. The maximum Gasteiger partial charge on any atom is 0.136 e. The molecule has 7 heteroatoms. The monoisotopic (exact) mass is 416 g/mol. The van der Waals surface area contributed by atoms with Crippen LogP contribution in [0.1, 0.15) is 36.5 Å². The van der Waals surface area contributed by atoms with Crippen molar-refractivity contribution in [2.45, 2.75) is 46.3 Å². The molecule has 2 heterocycles. The van der Waals surface area contributed by atoms with Crippen molar-refractivity contribution in [3.05, 3.63) is 52.7 Å². The molecule has 3 rings (SSSR count). The minimum absolute atomic E-state index is 0.119. The Morgan fingerprint density at radius 1 is 1.10 bits per heavy atom. The predicted octanol–water partition coefficient (Wildman–Crippen LogP) is 2.73. The number of aryl methyl sites for hydroxylation is 2. The third kappa shape index (κ3) is 5.97. The number of halogens is 1. The van der Waals surface area contributed by atoms with Crippen LogP contribution in [0, 0.1) is 19.7 Å². The first kappa shape index (κ1) is 22.6. The van der Waals surface area contributed by atoms with Crippen molar-refractivity contribution in [3.8, 4) is 0 Å². The average molecular weight is 417 g/mol. The molecule has 0 spiro atoms. The molecule has 1 aliphatic rings. The van der Waals surface area contributed by atoms with Gasteiger partial charge in [0, 0.05) is 50.4 Å². The largest absolute Gasteiger partial charge is 0.389 e. The molecule has 0 bridgehead atoms. The maximum atomic E-state index is 14.3. The van der Waals surface area contributed by atoms with Gasteiger partial charge in [-0.25, -0.2) is 14.4 Å². The second kappa shape index (κ2) is 10.3. The highest BCUT2D eigenvalue weighted by atomic mass is 19.1. The molecule has 0 amide bonds. The standard InChI is InChI=1S/C23H33FN4O2/c1-16(2)30-15-20(29)14-27-9-11-28(12-10-27)23-21(17(3)25-18(4)26-23)13-19-7-5-6-8-22(19)24/h5-8,16,20,29H,9-15H2,1-4H3. The fourth-order valence-corrected chi connectivity index (χ4v) is 3.82. The number of aliphatic hydroxyl groups excluding tert-OH is 1. The van der Waals surface area contributed by atoms with Crippen molar-refractivity contribution in [1.82, 2.24) is 14.9 Å². The van der Waals surface area contributed by atoms with Gasteiger partial charge in [0.25, 0.3) is 0 Å². The number of anilines is 1. The molecule has 1 aromatic heterocycles. The normalized spacial score (nSPS) is 16.3. The number of piperazine rings is 1. The Hall–Kier alpha value is -2.09. The molecule has 164 valence electrons. The molecule has 1 aromatic carbocycles. The number of nitrogens with zero attached hydrogens (tertiary/aromatic N) is 4. The van der Waals surface area contributed by atoms with Crippen LogP contribution in [0.3, 0.4) is 0 Å². The van der Waals surface area contributed by atoms with E-state index < -0.39 is 6.10 Å². The first-order chi connectivity index (χ1) is 14.3. The second-order valence-corrected chi connectivity index (χ2v) is 8.25. The number of β-amino-alcohol motifs (C(OH)–C–C–N with tert-alkyl or cyclic N) is 1. The lowest BCUT2D eigenvalue weighted by atomic mass is 10.0. The summed E-state index contributed by atoms with van der Waals surface area (Å²) in [5, 5.41) is 10.2. The van der Waals surface area contributed by atoms with Gasteiger partial charge >= 0.3 is 0 Å². The second-order valence-electron chi connectivity index (χ2n) is 8.25. The van der Waals surface area contributed by atoms with Gasteiger partial charge < -0.3 is 14.7 Å². The number of hydrogen-bond acceptors (Lipinski definition) is 6. The van der Waals surface area contributed by atoms with Crippen molar-refractivity contribution in [3.63, 3.8) is 0 Å². The van der Waals surface area contributed by atoms with Crippen molar-refractivity contribution >= 4 is 5.82 Å². The van der Waals surface area contributed by atoms with Gasteiger partial charge in [-0.1, -0.05) is 18.2 Å². The van der Waals surface area contributed by atoms with Gasteiger partial charge in [-0.05, 0) is 39.3 Å². The van der Waals surface area contributed by atoms with E-state index in [0.29, 0.717) is 25.1 Å². The molecule has 1 fully saturated rings. The Morgan fingerprint density at radius 3 is 2.47 bits per heavy atom. The molecule has 1 unspecified atom stereocenters. The molecule has 1 atom stereocenters. The Balaban J connectivity index is 1.69. The van der Waals surface area contributed by atoms with Crippen LogP contribution in [0.2, 0.25) is 0 Å². The van der Waals surface area contributed by atoms with E-state index in [0.717, 1.165) is 49.1 Å². The Bertz CT molecular complexity index is 838. The van der Waals surface area contributed by atoms with Gasteiger partial charge in [0.05, 0.1) is 18.8 Å². The molecule has 0 radical (unpaired) electrons. The summed E-state index contributed by atoms with van der Waals surface area (Å²) < 4.78 is 19.8. The smallest absolute Gasteiger partial charge is 0.136 e. The molecule has 6 nitrogen and oxygen atoms in total. The molecular formula is C23H33FN4O2. The van der Waals surface area contributed by atoms with Crippen LogP contribution in [0.4, 0.5) is 10.2 Å². The topological polar surface area (TPSA) is 61.7 Å². The number of ether oxygens (including phenoxy) is 1. The summed E-state index contributed by atoms with van der Waals surface area (Å²) in [6, 6.07) is 6.87. The van der Waals surface area contributed by atoms with Crippen LogP contribution in [-0.4, -0.2) is 71.5 Å². The number of benzene rings is 1. The van der Waals surface area contributed by atoms with Gasteiger partial charge in [-0.15, -0.1) is 0 Å². The highest BCUT2D eigenvalue weighted by Crippen LogP contribution is 2.26. The third-order valence-electron chi connectivity index (χ3n) is 5.39. The Morgan fingerprint density at radius 2 is 1.80 bits per heavy atom. The lowest BCUT2D eigenvalue weighted by Gasteiger charge is -2.37. The van der Waals surface area contributed by atoms with Crippen molar-refractivity contribution in [1.29, 1.82) is 0 Å². The minimum Gasteiger partial charge on any atom is -0.389 e. The lowest BCUT2D eigenvalue weighted by molar-refractivity contribution is -0.00901. The molecular weight excluding hydrogens is 383 g/mol. The van der Waals surface area contributed by atoms with Crippen LogP contribution < -0.4 is 4.90 Å². The van der Waals surface area contributed by atoms with Crippen LogP contribution in [0.25, 0.3) is 0 Å². The SMILES string of the molecule is Cc1nc(C)c(Cc2ccccc2F)c(N2CCN(CC(O)COC(C)C)CC2)n1. The Labute approximate surface area is 178 Å². The van der Waals surface area contributed by atoms with E-state index in [1.54, 1.807) is 6.07 Å². The predicted molar refractivity (Wildman–Crippen MR) is 116 cm³/mol. The molecule has 0 saturated carbocycles. The van der Waals surface area contributed by atoms with E-state index in [1.165, 1.54) is 6.07 Å². The van der Waals surface area contributed by atoms with Crippen molar-refractivity contribution < 1.29 is 14.2 Å². The average Bonchev–Trinajstić information content (AvgIpc) is 2.70. The fourth-order valence-electron chi connectivity index (χ4n) is 3.82. The molecule has 2 aromatic rings. The first-order valence-electron chi connectivity index (χ1n) is 10.7. The Kier molecular flexibility index (Phi) is 7.75. The zero-order chi connectivity index (χ0) is 21.7. The van der Waals surface area contributed by atoms with E-state index >= 15 is 0 Å². The van der Waals surface area contributed by atoms with Gasteiger partial charge in [-0.3, -0.25) is 4.90 Å². The zero-order valence-electron chi connectivity index (χ0n) is 18.4. The van der Waals surface area contributed by atoms with Crippen molar-refractivity contribution in [2.24, 2.45) is 0 Å². The summed E-state index contributed by atoms with van der Waals surface area (Å²) in [5.41, 5.74) is 2.52. The summed E-state index contributed by atoms with van der Waals surface area (Å²) in [6.45, 7) is 12.0. The van der Waals surface area contributed by atoms with E-state index in [1.807, 2.05) is 39.8 Å². The number of aliphatic hydroxyl groups is 1. The molecule has 0 aliphatic carbocycles. The van der Waals surface area contributed by atoms with E-state index in [-0.39, 0.29) is 11.9 Å². The molecule has 1 aliphatic heterocycles. The summed E-state index contributed by atoms with van der Waals surface area (Å²) in [6.07, 6.45) is 0.104. The molecule has 1 N–H and O–H groups in total. The highest BCUT2D eigenvalue weighted by Gasteiger charge is 2.24. The molecule has 1 saturated heterocycles. The quantitative estimate of drug-likeness (QED) is 0.714. The van der Waals surface area contributed by atoms with E-state index in [4.69, 9.17) is 9.72 Å². The van der Waals surface area contributed by atoms with E-state index in [2.05, 4.69) is 14.8 Å². The summed E-state index contributed by atoms with van der Waals surface area (Å²) >= 11 is 0. The zero-order valence-corrected chi connectivity index (χ0v) is 18.4. The van der Waals surface area contributed by atoms with Gasteiger partial charge in [0.1, 0.15) is 17.5 Å². The van der Waals surface area contributed by atoms with Gasteiger partial charge in [0.2, 0.25) is 0 Å².